The van der Waals surface area contributed by atoms with Gasteiger partial charge in [0, 0.05) is 29.4 Å². The Morgan fingerprint density at radius 3 is 2.93 bits per heavy atom. The van der Waals surface area contributed by atoms with Crippen molar-refractivity contribution in [3.05, 3.63) is 22.6 Å². The van der Waals surface area contributed by atoms with Gasteiger partial charge in [0.15, 0.2) is 4.67 Å². The third-order valence-corrected chi connectivity index (χ3v) is 3.23. The minimum Gasteiger partial charge on any atom is -0.457 e. The predicted molar refractivity (Wildman–Crippen MR) is 62.3 cm³/mol. The summed E-state index contributed by atoms with van der Waals surface area (Å²) in [5.74, 6) is 0.421. The van der Waals surface area contributed by atoms with Crippen molar-refractivity contribution >= 4 is 32.6 Å². The fraction of sp³-hybridized carbons (Fsp3) is 0.444. The Morgan fingerprint density at radius 1 is 1.67 bits per heavy atom. The minimum atomic E-state index is -0.800. The van der Waals surface area contributed by atoms with Crippen molar-refractivity contribution in [1.82, 2.24) is 5.32 Å². The van der Waals surface area contributed by atoms with Crippen LogP contribution in [-0.2, 0) is 10.8 Å². The summed E-state index contributed by atoms with van der Waals surface area (Å²) < 4.78 is 16.1. The van der Waals surface area contributed by atoms with E-state index >= 15 is 0 Å². The Bertz CT molecular complexity index is 364. The number of amides is 1. The van der Waals surface area contributed by atoms with Crippen molar-refractivity contribution in [2.75, 3.05) is 18.6 Å². The van der Waals surface area contributed by atoms with E-state index in [-0.39, 0.29) is 5.91 Å². The van der Waals surface area contributed by atoms with E-state index < -0.39 is 10.8 Å². The molecule has 1 aromatic rings. The van der Waals surface area contributed by atoms with E-state index in [2.05, 4.69) is 21.2 Å². The van der Waals surface area contributed by atoms with Crippen LogP contribution in [0.5, 0.6) is 0 Å². The number of hydrogen-bond acceptors (Lipinski definition) is 3. The largest absolute Gasteiger partial charge is 0.457 e. The van der Waals surface area contributed by atoms with Gasteiger partial charge in [0.2, 0.25) is 0 Å². The standard InChI is InChI=1S/C9H12BrNO3S/c1-15(13)6-2-4-11-9(12)7-3-5-14-8(7)10/h3,5H,2,4,6H2,1H3,(H,11,12). The van der Waals surface area contributed by atoms with Gasteiger partial charge in [0.25, 0.3) is 5.91 Å². The minimum absolute atomic E-state index is 0.183. The molecule has 84 valence electrons. The van der Waals surface area contributed by atoms with Gasteiger partial charge in [-0.2, -0.15) is 0 Å². The highest BCUT2D eigenvalue weighted by atomic mass is 79.9. The third kappa shape index (κ3) is 4.17. The van der Waals surface area contributed by atoms with Crippen molar-refractivity contribution in [3.8, 4) is 0 Å². The first-order chi connectivity index (χ1) is 7.11. The second kappa shape index (κ2) is 6.07. The number of carbonyl (C=O) groups excluding carboxylic acids is 1. The number of nitrogens with one attached hydrogen (secondary N) is 1. The SMILES string of the molecule is CS(=O)CCCNC(=O)c1ccoc1Br. The van der Waals surface area contributed by atoms with E-state index in [9.17, 15) is 9.00 Å². The van der Waals surface area contributed by atoms with Gasteiger partial charge in [-0.3, -0.25) is 9.00 Å². The average Bonchev–Trinajstić information content (AvgIpc) is 2.58. The number of rotatable bonds is 5. The van der Waals surface area contributed by atoms with Crippen LogP contribution in [0.2, 0.25) is 0 Å². The molecule has 0 aromatic carbocycles. The van der Waals surface area contributed by atoms with Crippen molar-refractivity contribution < 1.29 is 13.4 Å². The van der Waals surface area contributed by atoms with Crippen molar-refractivity contribution in [2.45, 2.75) is 6.42 Å². The second-order valence-corrected chi connectivity index (χ2v) is 5.27. The molecule has 1 atom stereocenters. The first kappa shape index (κ1) is 12.4. The summed E-state index contributed by atoms with van der Waals surface area (Å²) in [5.41, 5.74) is 0.479. The maximum atomic E-state index is 11.5. The summed E-state index contributed by atoms with van der Waals surface area (Å²) in [6.45, 7) is 0.524. The Morgan fingerprint density at radius 2 is 2.40 bits per heavy atom. The highest BCUT2D eigenvalue weighted by Gasteiger charge is 2.11. The lowest BCUT2D eigenvalue weighted by molar-refractivity contribution is 0.0952. The first-order valence-corrected chi connectivity index (χ1v) is 6.94. The Labute approximate surface area is 99.0 Å². The molecule has 0 fully saturated rings. The second-order valence-electron chi connectivity index (χ2n) is 2.99. The molecule has 0 aliphatic rings. The fourth-order valence-electron chi connectivity index (χ4n) is 1.03. The topological polar surface area (TPSA) is 59.3 Å². The summed E-state index contributed by atoms with van der Waals surface area (Å²) in [5, 5.41) is 2.72. The number of carbonyl (C=O) groups is 1. The third-order valence-electron chi connectivity index (χ3n) is 1.76. The smallest absolute Gasteiger partial charge is 0.255 e. The summed E-state index contributed by atoms with van der Waals surface area (Å²) in [4.78, 5) is 11.5. The van der Waals surface area contributed by atoms with Gasteiger partial charge >= 0.3 is 0 Å². The monoisotopic (exact) mass is 293 g/mol. The van der Waals surface area contributed by atoms with E-state index in [0.717, 1.165) is 0 Å². The average molecular weight is 294 g/mol. The van der Waals surface area contributed by atoms with Crippen LogP contribution < -0.4 is 5.32 Å². The molecule has 1 rings (SSSR count). The summed E-state index contributed by atoms with van der Waals surface area (Å²) in [6, 6.07) is 1.59. The molecule has 1 N–H and O–H groups in total. The van der Waals surface area contributed by atoms with Gasteiger partial charge < -0.3 is 9.73 Å². The maximum Gasteiger partial charge on any atom is 0.255 e. The van der Waals surface area contributed by atoms with Crippen LogP contribution in [0.3, 0.4) is 0 Å². The highest BCUT2D eigenvalue weighted by Crippen LogP contribution is 2.16. The van der Waals surface area contributed by atoms with Crippen molar-refractivity contribution in [1.29, 1.82) is 0 Å². The quantitative estimate of drug-likeness (QED) is 0.838. The van der Waals surface area contributed by atoms with Gasteiger partial charge in [-0.15, -0.1) is 0 Å². The molecular formula is C9H12BrNO3S. The zero-order valence-corrected chi connectivity index (χ0v) is 10.7. The van der Waals surface area contributed by atoms with Gasteiger partial charge in [0.1, 0.15) is 0 Å². The number of hydrogen-bond donors (Lipinski definition) is 1. The Hall–Kier alpha value is -0.620. The molecule has 15 heavy (non-hydrogen) atoms. The lowest BCUT2D eigenvalue weighted by Gasteiger charge is -2.02. The first-order valence-electron chi connectivity index (χ1n) is 4.42. The maximum absolute atomic E-state index is 11.5. The Balaban J connectivity index is 2.31. The van der Waals surface area contributed by atoms with E-state index in [1.807, 2.05) is 0 Å². The van der Waals surface area contributed by atoms with Crippen LogP contribution in [0.4, 0.5) is 0 Å². The molecule has 0 radical (unpaired) electrons. The molecule has 0 bridgehead atoms. The molecule has 1 amide bonds. The van der Waals surface area contributed by atoms with Crippen LogP contribution in [0.15, 0.2) is 21.4 Å². The molecule has 0 aliphatic carbocycles. The van der Waals surface area contributed by atoms with Crippen molar-refractivity contribution in [2.24, 2.45) is 0 Å². The van der Waals surface area contributed by atoms with Crippen LogP contribution in [-0.4, -0.2) is 28.7 Å². The number of halogens is 1. The summed E-state index contributed by atoms with van der Waals surface area (Å²) in [7, 11) is -0.800. The molecular weight excluding hydrogens is 282 g/mol. The molecule has 0 aliphatic heterocycles. The Kier molecular flexibility index (Phi) is 5.04. The van der Waals surface area contributed by atoms with Crippen LogP contribution in [0, 0.1) is 0 Å². The molecule has 0 saturated heterocycles. The normalized spacial score (nSPS) is 12.4. The lowest BCUT2D eigenvalue weighted by atomic mass is 10.3. The van der Waals surface area contributed by atoms with E-state index in [1.54, 1.807) is 12.3 Å². The van der Waals surface area contributed by atoms with Gasteiger partial charge in [-0.1, -0.05) is 0 Å². The molecule has 0 saturated carbocycles. The highest BCUT2D eigenvalue weighted by molar-refractivity contribution is 9.10. The zero-order chi connectivity index (χ0) is 11.3. The zero-order valence-electron chi connectivity index (χ0n) is 8.29. The van der Waals surface area contributed by atoms with Crippen LogP contribution in [0.1, 0.15) is 16.8 Å². The predicted octanol–water partition coefficient (Wildman–Crippen LogP) is 1.54. The van der Waals surface area contributed by atoms with E-state index in [1.165, 1.54) is 6.26 Å². The van der Waals surface area contributed by atoms with Crippen molar-refractivity contribution in [3.63, 3.8) is 0 Å². The number of furan rings is 1. The molecule has 6 heteroatoms. The molecule has 0 spiro atoms. The molecule has 1 heterocycles. The lowest BCUT2D eigenvalue weighted by Crippen LogP contribution is -2.25. The summed E-state index contributed by atoms with van der Waals surface area (Å²) >= 11 is 3.12. The van der Waals surface area contributed by atoms with E-state index in [0.29, 0.717) is 29.0 Å². The van der Waals surface area contributed by atoms with Gasteiger partial charge in [-0.05, 0) is 28.4 Å². The summed E-state index contributed by atoms with van der Waals surface area (Å²) in [6.07, 6.45) is 3.80. The molecule has 1 unspecified atom stereocenters. The van der Waals surface area contributed by atoms with Gasteiger partial charge in [0.05, 0.1) is 11.8 Å². The van der Waals surface area contributed by atoms with E-state index in [4.69, 9.17) is 4.42 Å². The molecule has 1 aromatic heterocycles. The van der Waals surface area contributed by atoms with Crippen LogP contribution in [0.25, 0.3) is 0 Å². The van der Waals surface area contributed by atoms with Gasteiger partial charge in [-0.25, -0.2) is 0 Å². The molecule has 4 nitrogen and oxygen atoms in total. The van der Waals surface area contributed by atoms with Crippen LogP contribution >= 0.6 is 15.9 Å². The fourth-order valence-corrected chi connectivity index (χ4v) is 2.00.